The summed E-state index contributed by atoms with van der Waals surface area (Å²) in [4.78, 5) is 14.1. The smallest absolute Gasteiger partial charge is 0.269 e. The molecule has 0 bridgehead atoms. The first-order valence-electron chi connectivity index (χ1n) is 17.7. The van der Waals surface area contributed by atoms with Gasteiger partial charge in [0.25, 0.3) is 5.69 Å². The molecule has 254 valence electrons. The Hall–Kier alpha value is -5.22. The normalized spacial score (nSPS) is 17.8. The number of rotatable bonds is 12. The summed E-state index contributed by atoms with van der Waals surface area (Å²) in [6, 6.07) is 39.7. The highest BCUT2D eigenvalue weighted by atomic mass is 16.6. The van der Waals surface area contributed by atoms with Gasteiger partial charge in [0.05, 0.1) is 4.92 Å². The first-order valence-corrected chi connectivity index (χ1v) is 17.7. The average molecular weight is 661 g/mol. The second-order valence-electron chi connectivity index (χ2n) is 14.7. The van der Waals surface area contributed by atoms with Crippen LogP contribution in [0.5, 0.6) is 0 Å². The molecule has 2 atom stereocenters. The molecule has 6 rings (SSSR count). The summed E-state index contributed by atoms with van der Waals surface area (Å²) in [5.41, 5.74) is 8.45. The maximum absolute atomic E-state index is 11.9. The Morgan fingerprint density at radius 2 is 1.58 bits per heavy atom. The van der Waals surface area contributed by atoms with Gasteiger partial charge in [0.1, 0.15) is 0 Å². The molecule has 1 heterocycles. The third kappa shape index (κ3) is 6.80. The molecule has 0 aromatic heterocycles. The van der Waals surface area contributed by atoms with Crippen LogP contribution in [0.2, 0.25) is 0 Å². The van der Waals surface area contributed by atoms with Gasteiger partial charge in [0, 0.05) is 40.9 Å². The van der Waals surface area contributed by atoms with Gasteiger partial charge in [0.2, 0.25) is 0 Å². The minimum Gasteiger partial charge on any atom is -0.344 e. The Morgan fingerprint density at radius 1 is 0.920 bits per heavy atom. The van der Waals surface area contributed by atoms with Gasteiger partial charge in [-0.15, -0.1) is 0 Å². The standard InChI is InChI=1S/C46H48N2O2/c1-33(2)28-29-47-42-27-25-38-21-13-14-22-40(38)44(42)46(6,32-37-19-11-8-12-20-37)43(47)23-15-16-35(4)45(5,31-36-17-9-7-10-18-36)41-30-39(48(49)50)26-24-34(41)3/h7-27,30,33H,4,28-29,31-32H2,1-3,5-6H3/b16-15+,43-23+. The number of allylic oxidation sites excluding steroid dienone is 5. The van der Waals surface area contributed by atoms with Crippen LogP contribution >= 0.6 is 0 Å². The second-order valence-corrected chi connectivity index (χ2v) is 14.7. The molecule has 4 nitrogen and oxygen atoms in total. The summed E-state index contributed by atoms with van der Waals surface area (Å²) in [5, 5.41) is 14.4. The van der Waals surface area contributed by atoms with Crippen molar-refractivity contribution in [2.75, 3.05) is 11.4 Å². The van der Waals surface area contributed by atoms with E-state index >= 15 is 0 Å². The molecule has 4 heteroatoms. The average Bonchev–Trinajstić information content (AvgIpc) is 3.34. The van der Waals surface area contributed by atoms with E-state index in [2.05, 4.69) is 136 Å². The minimum atomic E-state index is -0.577. The molecule has 0 saturated heterocycles. The van der Waals surface area contributed by atoms with Gasteiger partial charge < -0.3 is 4.90 Å². The molecule has 0 saturated carbocycles. The molecule has 0 spiro atoms. The summed E-state index contributed by atoms with van der Waals surface area (Å²) in [6.45, 7) is 16.7. The third-order valence-electron chi connectivity index (χ3n) is 10.6. The predicted molar refractivity (Wildman–Crippen MR) is 210 cm³/mol. The zero-order valence-corrected chi connectivity index (χ0v) is 30.0. The number of fused-ring (bicyclic) bond motifs is 3. The highest BCUT2D eigenvalue weighted by Crippen LogP contribution is 2.53. The first kappa shape index (κ1) is 34.6. The van der Waals surface area contributed by atoms with Gasteiger partial charge in [-0.25, -0.2) is 0 Å². The van der Waals surface area contributed by atoms with E-state index in [0.29, 0.717) is 12.3 Å². The zero-order valence-electron chi connectivity index (χ0n) is 30.0. The SMILES string of the molecule is C=C(/C=C/C=C1/N(CCC(C)C)c2ccc3ccccc3c2C1(C)Cc1ccccc1)C(C)(Cc1ccccc1)c1cc([N+](=O)[O-])ccc1C. The molecule has 0 radical (unpaired) electrons. The van der Waals surface area contributed by atoms with Crippen LogP contribution in [0.25, 0.3) is 10.8 Å². The van der Waals surface area contributed by atoms with Crippen LogP contribution < -0.4 is 4.90 Å². The number of nitro groups is 1. The van der Waals surface area contributed by atoms with Crippen molar-refractivity contribution in [1.82, 2.24) is 0 Å². The van der Waals surface area contributed by atoms with E-state index in [9.17, 15) is 10.1 Å². The van der Waals surface area contributed by atoms with Crippen molar-refractivity contribution in [3.63, 3.8) is 0 Å². The molecule has 0 aliphatic carbocycles. The number of benzene rings is 5. The zero-order chi connectivity index (χ0) is 35.5. The number of hydrogen-bond donors (Lipinski definition) is 0. The quantitative estimate of drug-likeness (QED) is 0.0760. The summed E-state index contributed by atoms with van der Waals surface area (Å²) < 4.78 is 0. The molecule has 5 aromatic rings. The van der Waals surface area contributed by atoms with Crippen molar-refractivity contribution < 1.29 is 4.92 Å². The lowest BCUT2D eigenvalue weighted by atomic mass is 9.70. The monoisotopic (exact) mass is 660 g/mol. The van der Waals surface area contributed by atoms with Gasteiger partial charge in [-0.3, -0.25) is 10.1 Å². The van der Waals surface area contributed by atoms with Crippen molar-refractivity contribution in [1.29, 1.82) is 0 Å². The molecule has 50 heavy (non-hydrogen) atoms. The van der Waals surface area contributed by atoms with Crippen LogP contribution in [0.1, 0.15) is 61.9 Å². The van der Waals surface area contributed by atoms with E-state index in [1.165, 1.54) is 33.3 Å². The highest BCUT2D eigenvalue weighted by molar-refractivity contribution is 5.95. The largest absolute Gasteiger partial charge is 0.344 e. The van der Waals surface area contributed by atoms with Crippen LogP contribution in [0, 0.1) is 23.0 Å². The molecule has 2 unspecified atom stereocenters. The second kappa shape index (κ2) is 14.3. The van der Waals surface area contributed by atoms with Gasteiger partial charge in [-0.1, -0.05) is 137 Å². The van der Waals surface area contributed by atoms with Crippen LogP contribution in [-0.4, -0.2) is 11.5 Å². The molecular weight excluding hydrogens is 613 g/mol. The number of non-ortho nitro benzene ring substituents is 1. The van der Waals surface area contributed by atoms with Crippen molar-refractivity contribution in [3.05, 3.63) is 189 Å². The van der Waals surface area contributed by atoms with Crippen LogP contribution in [0.15, 0.2) is 151 Å². The lowest BCUT2D eigenvalue weighted by Gasteiger charge is -2.33. The van der Waals surface area contributed by atoms with E-state index in [4.69, 9.17) is 0 Å². The van der Waals surface area contributed by atoms with Crippen molar-refractivity contribution in [3.8, 4) is 0 Å². The molecule has 1 aliphatic rings. The Bertz CT molecular complexity index is 2080. The van der Waals surface area contributed by atoms with Crippen molar-refractivity contribution in [2.24, 2.45) is 5.92 Å². The van der Waals surface area contributed by atoms with Crippen LogP contribution in [-0.2, 0) is 23.7 Å². The van der Waals surface area contributed by atoms with Crippen LogP contribution in [0.4, 0.5) is 11.4 Å². The fraction of sp³-hybridized carbons (Fsp3) is 0.261. The van der Waals surface area contributed by atoms with E-state index < -0.39 is 5.41 Å². The Balaban J connectivity index is 1.48. The van der Waals surface area contributed by atoms with Crippen molar-refractivity contribution >= 4 is 22.1 Å². The Morgan fingerprint density at radius 3 is 2.26 bits per heavy atom. The number of nitro benzene ring substituents is 1. The summed E-state index contributed by atoms with van der Waals surface area (Å²) in [5.74, 6) is 0.563. The van der Waals surface area contributed by atoms with Gasteiger partial charge in [-0.05, 0) is 95.3 Å². The Labute approximate surface area is 297 Å². The maximum Gasteiger partial charge on any atom is 0.269 e. The third-order valence-corrected chi connectivity index (χ3v) is 10.6. The van der Waals surface area contributed by atoms with E-state index in [-0.39, 0.29) is 16.0 Å². The predicted octanol–water partition coefficient (Wildman–Crippen LogP) is 11.6. The van der Waals surface area contributed by atoms with Gasteiger partial charge >= 0.3 is 0 Å². The molecular formula is C46H48N2O2. The molecule has 1 aliphatic heterocycles. The fourth-order valence-electron chi connectivity index (χ4n) is 7.85. The number of nitrogens with zero attached hydrogens (tertiary/aromatic N) is 2. The van der Waals surface area contributed by atoms with E-state index in [0.717, 1.165) is 41.6 Å². The number of hydrogen-bond acceptors (Lipinski definition) is 3. The lowest BCUT2D eigenvalue weighted by molar-refractivity contribution is -0.385. The molecule has 0 N–H and O–H groups in total. The van der Waals surface area contributed by atoms with Gasteiger partial charge in [-0.2, -0.15) is 0 Å². The van der Waals surface area contributed by atoms with Crippen LogP contribution in [0.3, 0.4) is 0 Å². The van der Waals surface area contributed by atoms with E-state index in [1.807, 2.05) is 31.2 Å². The summed E-state index contributed by atoms with van der Waals surface area (Å²) in [6.07, 6.45) is 9.19. The summed E-state index contributed by atoms with van der Waals surface area (Å²) in [7, 11) is 0. The van der Waals surface area contributed by atoms with E-state index in [1.54, 1.807) is 12.1 Å². The fourth-order valence-corrected chi connectivity index (χ4v) is 7.85. The summed E-state index contributed by atoms with van der Waals surface area (Å²) >= 11 is 0. The highest BCUT2D eigenvalue weighted by Gasteiger charge is 2.44. The molecule has 0 amide bonds. The Kier molecular flexibility index (Phi) is 9.93. The molecule has 0 fully saturated rings. The first-order chi connectivity index (χ1) is 24.0. The number of aryl methyl sites for hydroxylation is 1. The maximum atomic E-state index is 11.9. The minimum absolute atomic E-state index is 0.0946. The molecule has 5 aromatic carbocycles. The number of anilines is 1. The topological polar surface area (TPSA) is 46.4 Å². The van der Waals surface area contributed by atoms with Crippen molar-refractivity contribution in [2.45, 2.75) is 64.7 Å². The lowest BCUT2D eigenvalue weighted by Crippen LogP contribution is -2.31. The van der Waals surface area contributed by atoms with Gasteiger partial charge in [0.15, 0.2) is 0 Å².